The minimum absolute atomic E-state index is 0.0449. The number of anilines is 1. The minimum Gasteiger partial charge on any atom is -0.495 e. The molecule has 1 amide bonds. The average Bonchev–Trinajstić information content (AvgIpc) is 2.67. The molecule has 0 heterocycles. The first-order valence-electron chi connectivity index (χ1n) is 9.52. The Morgan fingerprint density at radius 3 is 2.34 bits per heavy atom. The van der Waals surface area contributed by atoms with Crippen molar-refractivity contribution in [1.82, 2.24) is 9.03 Å². The molecule has 0 aliphatic rings. The summed E-state index contributed by atoms with van der Waals surface area (Å²) in [6.45, 7) is 2.37. The molecular weight excluding hydrogens is 461 g/mol. The fraction of sp³-hybridized carbons (Fsp3) is 0.350. The fourth-order valence-corrected chi connectivity index (χ4v) is 4.79. The number of halogens is 1. The molecule has 0 aromatic heterocycles. The number of carbonyl (C=O) groups excluding carboxylic acids is 1. The van der Waals surface area contributed by atoms with Gasteiger partial charge in [-0.05, 0) is 38.1 Å². The van der Waals surface area contributed by atoms with Crippen LogP contribution < -0.4 is 14.8 Å². The zero-order valence-corrected chi connectivity index (χ0v) is 19.8. The molecular formula is C20H26FN3O6S2. The van der Waals surface area contributed by atoms with Crippen LogP contribution in [0.2, 0.25) is 0 Å². The number of carbonyl (C=O) groups is 1. The minimum atomic E-state index is -3.86. The summed E-state index contributed by atoms with van der Waals surface area (Å²) in [6.07, 6.45) is 0.909. The SMILES string of the molecule is COc1ccc(S(=O)(=O)NC(C)C)cc1NC(=O)CN(Cc1ccccc1F)S(C)(=O)=O. The van der Waals surface area contributed by atoms with Crippen LogP contribution in [0.5, 0.6) is 5.75 Å². The number of nitrogens with one attached hydrogen (secondary N) is 2. The maximum absolute atomic E-state index is 14.0. The number of ether oxygens (including phenoxy) is 1. The predicted molar refractivity (Wildman–Crippen MR) is 119 cm³/mol. The third-order valence-electron chi connectivity index (χ3n) is 4.24. The zero-order chi connectivity index (χ0) is 24.1. The van der Waals surface area contributed by atoms with E-state index in [1.807, 2.05) is 0 Å². The van der Waals surface area contributed by atoms with Crippen molar-refractivity contribution in [2.75, 3.05) is 25.2 Å². The number of rotatable bonds is 10. The maximum Gasteiger partial charge on any atom is 0.240 e. The summed E-state index contributed by atoms with van der Waals surface area (Å²) in [7, 11) is -6.36. The Bertz CT molecular complexity index is 1180. The van der Waals surface area contributed by atoms with E-state index in [0.717, 1.165) is 10.6 Å². The van der Waals surface area contributed by atoms with E-state index in [1.54, 1.807) is 19.9 Å². The Labute approximate surface area is 187 Å². The van der Waals surface area contributed by atoms with Gasteiger partial charge >= 0.3 is 0 Å². The van der Waals surface area contributed by atoms with Crippen LogP contribution in [0.3, 0.4) is 0 Å². The second kappa shape index (κ2) is 10.4. The summed E-state index contributed by atoms with van der Waals surface area (Å²) in [5.74, 6) is -1.17. The molecule has 0 atom stereocenters. The topological polar surface area (TPSA) is 122 Å². The summed E-state index contributed by atoms with van der Waals surface area (Å²) < 4.78 is 71.6. The molecule has 0 spiro atoms. The molecule has 2 N–H and O–H groups in total. The van der Waals surface area contributed by atoms with Crippen LogP contribution in [0, 0.1) is 5.82 Å². The lowest BCUT2D eigenvalue weighted by Gasteiger charge is -2.20. The molecule has 0 saturated carbocycles. The Kier molecular flexibility index (Phi) is 8.35. The number of hydrogen-bond donors (Lipinski definition) is 2. The Morgan fingerprint density at radius 2 is 1.78 bits per heavy atom. The van der Waals surface area contributed by atoms with E-state index < -0.39 is 38.3 Å². The summed E-state index contributed by atoms with van der Waals surface area (Å²) >= 11 is 0. The third-order valence-corrected chi connectivity index (χ3v) is 7.09. The molecule has 0 unspecified atom stereocenters. The monoisotopic (exact) mass is 487 g/mol. The standard InChI is InChI=1S/C20H26FN3O6S2/c1-14(2)23-32(28,29)16-9-10-19(30-3)18(11-16)22-20(25)13-24(31(4,26)27)12-15-7-5-6-8-17(15)21/h5-11,14,23H,12-13H2,1-4H3,(H,22,25). The van der Waals surface area contributed by atoms with E-state index in [2.05, 4.69) is 10.0 Å². The van der Waals surface area contributed by atoms with Gasteiger partial charge in [-0.25, -0.2) is 25.9 Å². The quantitative estimate of drug-likeness (QED) is 0.528. The largest absolute Gasteiger partial charge is 0.495 e. The van der Waals surface area contributed by atoms with Crippen LogP contribution in [0.1, 0.15) is 19.4 Å². The van der Waals surface area contributed by atoms with Gasteiger partial charge in [0.1, 0.15) is 11.6 Å². The second-order valence-corrected chi connectivity index (χ2v) is 11.0. The molecule has 0 fully saturated rings. The number of amides is 1. The van der Waals surface area contributed by atoms with Crippen molar-refractivity contribution in [2.24, 2.45) is 0 Å². The number of benzene rings is 2. The average molecular weight is 488 g/mol. The van der Waals surface area contributed by atoms with Gasteiger partial charge in [-0.3, -0.25) is 4.79 Å². The van der Waals surface area contributed by atoms with Gasteiger partial charge in [0.2, 0.25) is 26.0 Å². The summed E-state index contributed by atoms with van der Waals surface area (Å²) in [6, 6.07) is 9.20. The lowest BCUT2D eigenvalue weighted by molar-refractivity contribution is -0.116. The number of nitrogens with zero attached hydrogens (tertiary/aromatic N) is 1. The molecule has 0 bridgehead atoms. The smallest absolute Gasteiger partial charge is 0.240 e. The molecule has 176 valence electrons. The lowest BCUT2D eigenvalue weighted by Crippen LogP contribution is -2.37. The van der Waals surface area contributed by atoms with Crippen molar-refractivity contribution in [3.05, 3.63) is 53.8 Å². The normalized spacial score (nSPS) is 12.2. The summed E-state index contributed by atoms with van der Waals surface area (Å²) in [4.78, 5) is 12.5. The van der Waals surface area contributed by atoms with Gasteiger partial charge in [0, 0.05) is 18.2 Å². The predicted octanol–water partition coefficient (Wildman–Crippen LogP) is 1.92. The van der Waals surface area contributed by atoms with Crippen LogP contribution >= 0.6 is 0 Å². The Hall–Kier alpha value is -2.54. The van der Waals surface area contributed by atoms with Crippen LogP contribution in [-0.2, 0) is 31.4 Å². The van der Waals surface area contributed by atoms with Gasteiger partial charge in [-0.2, -0.15) is 4.31 Å². The molecule has 0 saturated heterocycles. The molecule has 2 aromatic rings. The van der Waals surface area contributed by atoms with Crippen LogP contribution in [0.25, 0.3) is 0 Å². The lowest BCUT2D eigenvalue weighted by atomic mass is 10.2. The molecule has 2 rings (SSSR count). The molecule has 2 aromatic carbocycles. The van der Waals surface area contributed by atoms with E-state index in [9.17, 15) is 26.0 Å². The van der Waals surface area contributed by atoms with Gasteiger partial charge in [0.15, 0.2) is 0 Å². The summed E-state index contributed by atoms with van der Waals surface area (Å²) in [5.41, 5.74) is 0.152. The maximum atomic E-state index is 14.0. The van der Waals surface area contributed by atoms with Crippen LogP contribution in [0.15, 0.2) is 47.4 Å². The van der Waals surface area contributed by atoms with Crippen molar-refractivity contribution in [3.63, 3.8) is 0 Å². The van der Waals surface area contributed by atoms with E-state index in [1.165, 1.54) is 43.5 Å². The number of sulfonamides is 2. The second-order valence-electron chi connectivity index (χ2n) is 7.31. The highest BCUT2D eigenvalue weighted by Gasteiger charge is 2.23. The van der Waals surface area contributed by atoms with Gasteiger partial charge in [-0.1, -0.05) is 18.2 Å². The summed E-state index contributed by atoms with van der Waals surface area (Å²) in [5, 5.41) is 2.47. The van der Waals surface area contributed by atoms with Gasteiger partial charge in [0.25, 0.3) is 0 Å². The van der Waals surface area contributed by atoms with Crippen molar-refractivity contribution in [2.45, 2.75) is 31.3 Å². The highest BCUT2D eigenvalue weighted by Crippen LogP contribution is 2.27. The van der Waals surface area contributed by atoms with Crippen LogP contribution in [0.4, 0.5) is 10.1 Å². The molecule has 0 aliphatic heterocycles. The first-order chi connectivity index (χ1) is 14.8. The van der Waals surface area contributed by atoms with E-state index in [0.29, 0.717) is 0 Å². The van der Waals surface area contributed by atoms with E-state index in [-0.39, 0.29) is 34.5 Å². The van der Waals surface area contributed by atoms with Gasteiger partial charge in [-0.15, -0.1) is 0 Å². The van der Waals surface area contributed by atoms with Crippen LogP contribution in [-0.4, -0.2) is 53.0 Å². The third kappa shape index (κ3) is 6.99. The highest BCUT2D eigenvalue weighted by molar-refractivity contribution is 7.89. The van der Waals surface area contributed by atoms with E-state index >= 15 is 0 Å². The molecule has 0 aliphatic carbocycles. The van der Waals surface area contributed by atoms with Gasteiger partial charge in [0.05, 0.1) is 30.5 Å². The molecule has 32 heavy (non-hydrogen) atoms. The fourth-order valence-electron chi connectivity index (χ4n) is 2.79. The molecule has 0 radical (unpaired) electrons. The zero-order valence-electron chi connectivity index (χ0n) is 18.1. The highest BCUT2D eigenvalue weighted by atomic mass is 32.2. The Morgan fingerprint density at radius 1 is 1.12 bits per heavy atom. The molecule has 12 heteroatoms. The van der Waals surface area contributed by atoms with Gasteiger partial charge < -0.3 is 10.1 Å². The van der Waals surface area contributed by atoms with Crippen molar-refractivity contribution < 1.29 is 30.8 Å². The first kappa shape index (κ1) is 25.7. The number of hydrogen-bond acceptors (Lipinski definition) is 6. The number of methoxy groups -OCH3 is 1. The van der Waals surface area contributed by atoms with Crippen molar-refractivity contribution in [3.8, 4) is 5.75 Å². The van der Waals surface area contributed by atoms with E-state index in [4.69, 9.17) is 4.74 Å². The van der Waals surface area contributed by atoms with Crippen molar-refractivity contribution in [1.29, 1.82) is 0 Å². The first-order valence-corrected chi connectivity index (χ1v) is 12.9. The van der Waals surface area contributed by atoms with Crippen molar-refractivity contribution >= 4 is 31.6 Å². The Balaban J connectivity index is 2.28. The molecule has 9 nitrogen and oxygen atoms in total.